The van der Waals surface area contributed by atoms with Gasteiger partial charge in [0.25, 0.3) is 5.91 Å². The second kappa shape index (κ2) is 7.22. The minimum atomic E-state index is -0.508. The molecule has 5 nitrogen and oxygen atoms in total. The third-order valence-corrected chi connectivity index (χ3v) is 3.83. The molecule has 2 amide bonds. The molecule has 0 saturated carbocycles. The van der Waals surface area contributed by atoms with Gasteiger partial charge in [-0.1, -0.05) is 13.0 Å². The molecule has 1 aromatic rings. The van der Waals surface area contributed by atoms with Crippen molar-refractivity contribution in [2.45, 2.75) is 32.2 Å². The quantitative estimate of drug-likeness (QED) is 0.860. The molecule has 0 aromatic heterocycles. The lowest BCUT2D eigenvalue weighted by Gasteiger charge is -2.34. The van der Waals surface area contributed by atoms with E-state index >= 15 is 0 Å². The normalized spacial score (nSPS) is 18.2. The highest BCUT2D eigenvalue weighted by atomic mass is 16.2. The summed E-state index contributed by atoms with van der Waals surface area (Å²) in [6.45, 7) is 4.64. The third kappa shape index (κ3) is 3.82. The van der Waals surface area contributed by atoms with Crippen molar-refractivity contribution in [3.63, 3.8) is 0 Å². The van der Waals surface area contributed by atoms with Gasteiger partial charge in [0.1, 0.15) is 0 Å². The zero-order chi connectivity index (χ0) is 15.2. The first-order chi connectivity index (χ1) is 10.1. The van der Waals surface area contributed by atoms with Gasteiger partial charge in [0.05, 0.1) is 0 Å². The van der Waals surface area contributed by atoms with Crippen LogP contribution in [0.15, 0.2) is 24.3 Å². The van der Waals surface area contributed by atoms with Gasteiger partial charge in [0, 0.05) is 30.3 Å². The number of hydrogen-bond acceptors (Lipinski definition) is 3. The molecule has 1 fully saturated rings. The molecular formula is C16H23N3O2. The monoisotopic (exact) mass is 289 g/mol. The maximum absolute atomic E-state index is 12.8. The number of carbonyl (C=O) groups is 2. The number of hydrogen-bond donors (Lipinski definition) is 2. The zero-order valence-electron chi connectivity index (χ0n) is 12.5. The minimum Gasteiger partial charge on any atom is -0.366 e. The fraction of sp³-hybridized carbons (Fsp3) is 0.500. The molecule has 1 atom stereocenters. The lowest BCUT2D eigenvalue weighted by molar-refractivity contribution is 0.0649. The molecule has 5 heteroatoms. The lowest BCUT2D eigenvalue weighted by Crippen LogP contribution is -2.49. The van der Waals surface area contributed by atoms with Crippen molar-refractivity contribution in [1.82, 2.24) is 10.2 Å². The molecule has 1 unspecified atom stereocenters. The first kappa shape index (κ1) is 15.5. The van der Waals surface area contributed by atoms with E-state index in [0.717, 1.165) is 38.9 Å². The standard InChI is InChI=1S/C16H23N3O2/c1-2-9-19(14-7-4-8-18-11-14)16(21)13-6-3-5-12(10-13)15(17)20/h3,5-6,10,14,18H,2,4,7-9,11H2,1H3,(H2,17,20). The van der Waals surface area contributed by atoms with Crippen LogP contribution in [0.25, 0.3) is 0 Å². The number of amides is 2. The van der Waals surface area contributed by atoms with Gasteiger partial charge in [-0.2, -0.15) is 0 Å². The van der Waals surface area contributed by atoms with Crippen LogP contribution < -0.4 is 11.1 Å². The van der Waals surface area contributed by atoms with E-state index in [9.17, 15) is 9.59 Å². The summed E-state index contributed by atoms with van der Waals surface area (Å²) in [7, 11) is 0. The summed E-state index contributed by atoms with van der Waals surface area (Å²) in [5, 5.41) is 3.34. The summed E-state index contributed by atoms with van der Waals surface area (Å²) in [6.07, 6.45) is 3.02. The Kier molecular flexibility index (Phi) is 5.33. The van der Waals surface area contributed by atoms with Crippen molar-refractivity contribution in [1.29, 1.82) is 0 Å². The molecule has 0 radical (unpaired) electrons. The minimum absolute atomic E-state index is 0.0198. The van der Waals surface area contributed by atoms with E-state index in [-0.39, 0.29) is 11.9 Å². The summed E-state index contributed by atoms with van der Waals surface area (Å²) >= 11 is 0. The first-order valence-electron chi connectivity index (χ1n) is 7.55. The number of benzene rings is 1. The lowest BCUT2D eigenvalue weighted by atomic mass is 10.0. The van der Waals surface area contributed by atoms with Crippen LogP contribution in [-0.2, 0) is 0 Å². The van der Waals surface area contributed by atoms with Crippen LogP contribution >= 0.6 is 0 Å². The molecule has 3 N–H and O–H groups in total. The topological polar surface area (TPSA) is 75.4 Å². The number of nitrogens with zero attached hydrogens (tertiary/aromatic N) is 1. The molecule has 1 aromatic carbocycles. The van der Waals surface area contributed by atoms with Crippen LogP contribution in [0.2, 0.25) is 0 Å². The van der Waals surface area contributed by atoms with Gasteiger partial charge in [-0.3, -0.25) is 9.59 Å². The van der Waals surface area contributed by atoms with Crippen molar-refractivity contribution in [2.24, 2.45) is 5.73 Å². The van der Waals surface area contributed by atoms with Crippen molar-refractivity contribution < 1.29 is 9.59 Å². The second-order valence-electron chi connectivity index (χ2n) is 5.44. The highest BCUT2D eigenvalue weighted by Gasteiger charge is 2.25. The van der Waals surface area contributed by atoms with Gasteiger partial charge >= 0.3 is 0 Å². The molecule has 0 bridgehead atoms. The zero-order valence-corrected chi connectivity index (χ0v) is 12.5. The van der Waals surface area contributed by atoms with Gasteiger partial charge in [-0.15, -0.1) is 0 Å². The van der Waals surface area contributed by atoms with E-state index in [1.165, 1.54) is 0 Å². The average Bonchev–Trinajstić information content (AvgIpc) is 2.53. The summed E-state index contributed by atoms with van der Waals surface area (Å²) in [5.74, 6) is -0.528. The number of nitrogens with two attached hydrogens (primary N) is 1. The van der Waals surface area contributed by atoms with Crippen LogP contribution in [0.4, 0.5) is 0 Å². The smallest absolute Gasteiger partial charge is 0.254 e. The number of carbonyl (C=O) groups excluding carboxylic acids is 2. The fourth-order valence-electron chi connectivity index (χ4n) is 2.76. The SMILES string of the molecule is CCCN(C(=O)c1cccc(C(N)=O)c1)C1CCCNC1. The summed E-state index contributed by atoms with van der Waals surface area (Å²) in [6, 6.07) is 6.89. The van der Waals surface area contributed by atoms with Crippen molar-refractivity contribution in [3.05, 3.63) is 35.4 Å². The largest absolute Gasteiger partial charge is 0.366 e. The molecule has 21 heavy (non-hydrogen) atoms. The highest BCUT2D eigenvalue weighted by molar-refractivity contribution is 5.99. The van der Waals surface area contributed by atoms with Crippen molar-refractivity contribution in [3.8, 4) is 0 Å². The van der Waals surface area contributed by atoms with Crippen molar-refractivity contribution in [2.75, 3.05) is 19.6 Å². The third-order valence-electron chi connectivity index (χ3n) is 3.83. The Morgan fingerprint density at radius 2 is 2.14 bits per heavy atom. The Morgan fingerprint density at radius 1 is 1.38 bits per heavy atom. The molecule has 1 heterocycles. The second-order valence-corrected chi connectivity index (χ2v) is 5.44. The molecule has 1 aliphatic heterocycles. The number of primary amides is 1. The van der Waals surface area contributed by atoms with Gasteiger partial charge in [-0.05, 0) is 44.0 Å². The predicted octanol–water partition coefficient (Wildman–Crippen LogP) is 1.39. The van der Waals surface area contributed by atoms with Crippen LogP contribution in [0, 0.1) is 0 Å². The first-order valence-corrected chi connectivity index (χ1v) is 7.55. The van der Waals surface area contributed by atoms with Crippen LogP contribution in [0.5, 0.6) is 0 Å². The molecule has 0 aliphatic carbocycles. The average molecular weight is 289 g/mol. The van der Waals surface area contributed by atoms with Gasteiger partial charge in [0.15, 0.2) is 0 Å². The summed E-state index contributed by atoms with van der Waals surface area (Å²) < 4.78 is 0. The molecule has 1 saturated heterocycles. The number of piperidine rings is 1. The maximum atomic E-state index is 12.8. The Labute approximate surface area is 125 Å². The highest BCUT2D eigenvalue weighted by Crippen LogP contribution is 2.16. The van der Waals surface area contributed by atoms with E-state index in [2.05, 4.69) is 12.2 Å². The molecule has 0 spiro atoms. The van der Waals surface area contributed by atoms with Crippen LogP contribution in [0.3, 0.4) is 0 Å². The Bertz CT molecular complexity index is 510. The summed E-state index contributed by atoms with van der Waals surface area (Å²) in [5.41, 5.74) is 6.19. The van der Waals surface area contributed by atoms with E-state index in [4.69, 9.17) is 5.73 Å². The van der Waals surface area contributed by atoms with E-state index in [1.54, 1.807) is 24.3 Å². The van der Waals surface area contributed by atoms with Gasteiger partial charge in [0.2, 0.25) is 5.91 Å². The van der Waals surface area contributed by atoms with Crippen molar-refractivity contribution >= 4 is 11.8 Å². The predicted molar refractivity (Wildman–Crippen MR) is 82.2 cm³/mol. The van der Waals surface area contributed by atoms with Gasteiger partial charge < -0.3 is 16.0 Å². The van der Waals surface area contributed by atoms with E-state index in [1.807, 2.05) is 4.90 Å². The Balaban J connectivity index is 2.20. The summed E-state index contributed by atoms with van der Waals surface area (Å²) in [4.78, 5) is 25.9. The number of rotatable bonds is 5. The maximum Gasteiger partial charge on any atom is 0.254 e. The molecule has 1 aliphatic rings. The Hall–Kier alpha value is -1.88. The van der Waals surface area contributed by atoms with Crippen LogP contribution in [-0.4, -0.2) is 42.4 Å². The fourth-order valence-corrected chi connectivity index (χ4v) is 2.76. The van der Waals surface area contributed by atoms with Crippen LogP contribution in [0.1, 0.15) is 46.9 Å². The molecule has 2 rings (SSSR count). The molecule has 114 valence electrons. The Morgan fingerprint density at radius 3 is 2.76 bits per heavy atom. The molecular weight excluding hydrogens is 266 g/mol. The number of nitrogens with one attached hydrogen (secondary N) is 1. The van der Waals surface area contributed by atoms with E-state index < -0.39 is 5.91 Å². The van der Waals surface area contributed by atoms with E-state index in [0.29, 0.717) is 11.1 Å². The van der Waals surface area contributed by atoms with Gasteiger partial charge in [-0.25, -0.2) is 0 Å².